The average Bonchev–Trinajstić information content (AvgIpc) is 2.71. The molecule has 0 heterocycles. The monoisotopic (exact) mass is 227 g/mol. The third kappa shape index (κ3) is 4.42. The maximum atomic E-state index is 5.16. The van der Waals surface area contributed by atoms with Gasteiger partial charge in [0.2, 0.25) is 0 Å². The lowest BCUT2D eigenvalue weighted by Crippen LogP contribution is -2.39. The predicted molar refractivity (Wildman–Crippen MR) is 69.7 cm³/mol. The molecule has 1 fully saturated rings. The second-order valence-corrected chi connectivity index (χ2v) is 5.99. The standard InChI is InChI=1S/C14H29NO/c1-5-12-7-6-8-13(12)15-11-14(2,3)9-10-16-4/h12-13,15H,5-11H2,1-4H3. The van der Waals surface area contributed by atoms with Crippen molar-refractivity contribution in [2.24, 2.45) is 11.3 Å². The summed E-state index contributed by atoms with van der Waals surface area (Å²) in [5, 5.41) is 3.78. The fraction of sp³-hybridized carbons (Fsp3) is 1.00. The van der Waals surface area contributed by atoms with Gasteiger partial charge in [0.25, 0.3) is 0 Å². The number of hydrogen-bond acceptors (Lipinski definition) is 2. The van der Waals surface area contributed by atoms with Gasteiger partial charge in [-0.05, 0) is 30.6 Å². The molecule has 16 heavy (non-hydrogen) atoms. The van der Waals surface area contributed by atoms with Crippen LogP contribution in [0.1, 0.15) is 52.9 Å². The van der Waals surface area contributed by atoms with Crippen LogP contribution in [0.15, 0.2) is 0 Å². The van der Waals surface area contributed by atoms with E-state index in [1.807, 2.05) is 0 Å². The number of nitrogens with one attached hydrogen (secondary N) is 1. The molecule has 1 rings (SSSR count). The highest BCUT2D eigenvalue weighted by molar-refractivity contribution is 4.84. The highest BCUT2D eigenvalue weighted by Gasteiger charge is 2.27. The largest absolute Gasteiger partial charge is 0.385 e. The Kier molecular flexibility index (Phi) is 5.77. The smallest absolute Gasteiger partial charge is 0.0467 e. The highest BCUT2D eigenvalue weighted by atomic mass is 16.5. The summed E-state index contributed by atoms with van der Waals surface area (Å²) in [6.45, 7) is 8.97. The molecule has 0 amide bonds. The molecule has 0 spiro atoms. The second kappa shape index (κ2) is 6.61. The SMILES string of the molecule is CCC1CCCC1NCC(C)(C)CCOC. The lowest BCUT2D eigenvalue weighted by molar-refractivity contribution is 0.147. The van der Waals surface area contributed by atoms with Crippen LogP contribution in [0.5, 0.6) is 0 Å². The van der Waals surface area contributed by atoms with Crippen LogP contribution in [0.25, 0.3) is 0 Å². The van der Waals surface area contributed by atoms with Crippen molar-refractivity contribution in [3.8, 4) is 0 Å². The summed E-state index contributed by atoms with van der Waals surface area (Å²) in [5.74, 6) is 0.915. The van der Waals surface area contributed by atoms with Gasteiger partial charge < -0.3 is 10.1 Å². The van der Waals surface area contributed by atoms with Gasteiger partial charge in [0, 0.05) is 26.3 Å². The fourth-order valence-corrected chi connectivity index (χ4v) is 2.67. The van der Waals surface area contributed by atoms with Crippen LogP contribution in [0.2, 0.25) is 0 Å². The first-order valence-electron chi connectivity index (χ1n) is 6.81. The Morgan fingerprint density at radius 3 is 2.69 bits per heavy atom. The van der Waals surface area contributed by atoms with Crippen LogP contribution in [0.4, 0.5) is 0 Å². The Labute approximate surface area is 101 Å². The van der Waals surface area contributed by atoms with E-state index in [0.717, 1.165) is 31.5 Å². The molecule has 0 aliphatic heterocycles. The Morgan fingerprint density at radius 1 is 1.31 bits per heavy atom. The molecule has 2 unspecified atom stereocenters. The van der Waals surface area contributed by atoms with Gasteiger partial charge in [-0.2, -0.15) is 0 Å². The minimum atomic E-state index is 0.358. The molecule has 96 valence electrons. The zero-order valence-corrected chi connectivity index (χ0v) is 11.5. The van der Waals surface area contributed by atoms with Crippen molar-refractivity contribution in [1.82, 2.24) is 5.32 Å². The van der Waals surface area contributed by atoms with E-state index in [-0.39, 0.29) is 0 Å². The van der Waals surface area contributed by atoms with E-state index in [1.165, 1.54) is 25.7 Å². The topological polar surface area (TPSA) is 21.3 Å². The molecule has 1 saturated carbocycles. The van der Waals surface area contributed by atoms with Crippen LogP contribution in [0.3, 0.4) is 0 Å². The van der Waals surface area contributed by atoms with Crippen molar-refractivity contribution in [1.29, 1.82) is 0 Å². The van der Waals surface area contributed by atoms with E-state index in [2.05, 4.69) is 26.1 Å². The van der Waals surface area contributed by atoms with Crippen molar-refractivity contribution in [3.05, 3.63) is 0 Å². The molecular weight excluding hydrogens is 198 g/mol. The van der Waals surface area contributed by atoms with E-state index in [1.54, 1.807) is 7.11 Å². The summed E-state index contributed by atoms with van der Waals surface area (Å²) < 4.78 is 5.16. The first-order chi connectivity index (χ1) is 7.59. The zero-order valence-electron chi connectivity index (χ0n) is 11.5. The number of methoxy groups -OCH3 is 1. The van der Waals surface area contributed by atoms with Gasteiger partial charge in [-0.3, -0.25) is 0 Å². The zero-order chi connectivity index (χ0) is 12.0. The van der Waals surface area contributed by atoms with Crippen molar-refractivity contribution in [3.63, 3.8) is 0 Å². The Bertz CT molecular complexity index is 191. The molecule has 1 N–H and O–H groups in total. The maximum absolute atomic E-state index is 5.16. The lowest BCUT2D eigenvalue weighted by atomic mass is 9.88. The molecule has 0 bridgehead atoms. The fourth-order valence-electron chi connectivity index (χ4n) is 2.67. The van der Waals surface area contributed by atoms with Crippen LogP contribution >= 0.6 is 0 Å². The summed E-state index contributed by atoms with van der Waals surface area (Å²) >= 11 is 0. The summed E-state index contributed by atoms with van der Waals surface area (Å²) in [6, 6.07) is 0.770. The first-order valence-corrected chi connectivity index (χ1v) is 6.81. The minimum Gasteiger partial charge on any atom is -0.385 e. The Hall–Kier alpha value is -0.0800. The van der Waals surface area contributed by atoms with Crippen molar-refractivity contribution in [2.75, 3.05) is 20.3 Å². The number of ether oxygens (including phenoxy) is 1. The third-order valence-electron chi connectivity index (χ3n) is 4.01. The second-order valence-electron chi connectivity index (χ2n) is 5.99. The summed E-state index contributed by atoms with van der Waals surface area (Å²) in [4.78, 5) is 0. The van der Waals surface area contributed by atoms with Gasteiger partial charge in [0.05, 0.1) is 0 Å². The first kappa shape index (κ1) is 14.0. The molecule has 0 radical (unpaired) electrons. The van der Waals surface area contributed by atoms with E-state index in [0.29, 0.717) is 5.41 Å². The lowest BCUT2D eigenvalue weighted by Gasteiger charge is -2.29. The molecule has 1 aliphatic carbocycles. The van der Waals surface area contributed by atoms with Crippen LogP contribution < -0.4 is 5.32 Å². The molecular formula is C14H29NO. The average molecular weight is 227 g/mol. The van der Waals surface area contributed by atoms with Crippen molar-refractivity contribution in [2.45, 2.75) is 58.9 Å². The molecule has 0 aromatic carbocycles. The van der Waals surface area contributed by atoms with E-state index < -0.39 is 0 Å². The molecule has 0 saturated heterocycles. The highest BCUT2D eigenvalue weighted by Crippen LogP contribution is 2.29. The van der Waals surface area contributed by atoms with Crippen molar-refractivity contribution < 1.29 is 4.74 Å². The van der Waals surface area contributed by atoms with E-state index in [9.17, 15) is 0 Å². The molecule has 2 nitrogen and oxygen atoms in total. The van der Waals surface area contributed by atoms with Gasteiger partial charge in [-0.25, -0.2) is 0 Å². The third-order valence-corrected chi connectivity index (χ3v) is 4.01. The Balaban J connectivity index is 2.27. The summed E-state index contributed by atoms with van der Waals surface area (Å²) in [7, 11) is 1.79. The van der Waals surface area contributed by atoms with E-state index >= 15 is 0 Å². The normalized spacial score (nSPS) is 26.2. The van der Waals surface area contributed by atoms with Gasteiger partial charge in [0.1, 0.15) is 0 Å². The van der Waals surface area contributed by atoms with Gasteiger partial charge >= 0.3 is 0 Å². The molecule has 1 aliphatic rings. The molecule has 2 atom stereocenters. The van der Waals surface area contributed by atoms with E-state index in [4.69, 9.17) is 4.74 Å². The van der Waals surface area contributed by atoms with Crippen LogP contribution in [0, 0.1) is 11.3 Å². The van der Waals surface area contributed by atoms with Gasteiger partial charge in [0.15, 0.2) is 0 Å². The quantitative estimate of drug-likeness (QED) is 0.721. The van der Waals surface area contributed by atoms with Gasteiger partial charge in [-0.1, -0.05) is 33.6 Å². The van der Waals surface area contributed by atoms with Crippen LogP contribution in [-0.4, -0.2) is 26.3 Å². The minimum absolute atomic E-state index is 0.358. The summed E-state index contributed by atoms with van der Waals surface area (Å²) in [6.07, 6.45) is 6.68. The van der Waals surface area contributed by atoms with Gasteiger partial charge in [-0.15, -0.1) is 0 Å². The predicted octanol–water partition coefficient (Wildman–Crippen LogP) is 3.22. The number of hydrogen-bond donors (Lipinski definition) is 1. The van der Waals surface area contributed by atoms with Crippen LogP contribution in [-0.2, 0) is 4.74 Å². The van der Waals surface area contributed by atoms with Crippen molar-refractivity contribution >= 4 is 0 Å². The molecule has 0 aromatic rings. The Morgan fingerprint density at radius 2 is 2.06 bits per heavy atom. The molecule has 2 heteroatoms. The summed E-state index contributed by atoms with van der Waals surface area (Å²) in [5.41, 5.74) is 0.358. The molecule has 0 aromatic heterocycles. The number of rotatable bonds is 7. The maximum Gasteiger partial charge on any atom is 0.0467 e.